The molecule has 3 amide bonds. The summed E-state index contributed by atoms with van der Waals surface area (Å²) in [6, 6.07) is 11.0. The molecule has 4 aliphatic heterocycles. The van der Waals surface area contributed by atoms with E-state index in [0.717, 1.165) is 16.8 Å². The van der Waals surface area contributed by atoms with Gasteiger partial charge in [0.1, 0.15) is 11.8 Å². The fourth-order valence-electron chi connectivity index (χ4n) is 6.12. The molecule has 1 N–H and O–H groups in total. The quantitative estimate of drug-likeness (QED) is 0.425. The minimum Gasteiger partial charge on any atom is -0.378 e. The lowest BCUT2D eigenvalue weighted by atomic mass is 9.94. The lowest BCUT2D eigenvalue weighted by molar-refractivity contribution is -0.139. The van der Waals surface area contributed by atoms with Crippen molar-refractivity contribution >= 4 is 40.3 Å². The number of imide groups is 1. The maximum Gasteiger partial charge on any atom is 0.282 e. The molecule has 4 aliphatic rings. The molecule has 10 nitrogen and oxygen atoms in total. The van der Waals surface area contributed by atoms with Crippen LogP contribution in [0.4, 0.5) is 5.69 Å². The average Bonchev–Trinajstić information content (AvgIpc) is 3.54. The number of carbonyl (C=O) groups is 3. The van der Waals surface area contributed by atoms with E-state index >= 15 is 0 Å². The van der Waals surface area contributed by atoms with E-state index in [0.29, 0.717) is 49.8 Å². The smallest absolute Gasteiger partial charge is 0.282 e. The summed E-state index contributed by atoms with van der Waals surface area (Å²) in [7, 11) is 2.01. The molecular weight excluding hydrogens is 484 g/mol. The maximum atomic E-state index is 13.7. The minimum atomic E-state index is -0.504. The predicted octanol–water partition coefficient (Wildman–Crippen LogP) is 1.44. The van der Waals surface area contributed by atoms with Gasteiger partial charge in [0.05, 0.1) is 60.8 Å². The summed E-state index contributed by atoms with van der Waals surface area (Å²) in [6.45, 7) is 2.21. The third-order valence-corrected chi connectivity index (χ3v) is 7.95. The van der Waals surface area contributed by atoms with Gasteiger partial charge in [0.2, 0.25) is 0 Å². The van der Waals surface area contributed by atoms with Gasteiger partial charge in [-0.25, -0.2) is 9.98 Å². The second kappa shape index (κ2) is 8.30. The predicted molar refractivity (Wildman–Crippen MR) is 140 cm³/mol. The monoisotopic (exact) mass is 509 g/mol. The second-order valence-electron chi connectivity index (χ2n) is 10.00. The molecule has 0 spiro atoms. The number of pyridine rings is 1. The van der Waals surface area contributed by atoms with Gasteiger partial charge in [-0.1, -0.05) is 18.2 Å². The highest BCUT2D eigenvalue weighted by Crippen LogP contribution is 2.44. The van der Waals surface area contributed by atoms with Crippen LogP contribution in [0.5, 0.6) is 0 Å². The van der Waals surface area contributed by atoms with Crippen molar-refractivity contribution in [2.24, 2.45) is 4.99 Å². The highest BCUT2D eigenvalue weighted by molar-refractivity contribution is 6.47. The zero-order chi connectivity index (χ0) is 26.0. The number of morpholine rings is 1. The fourth-order valence-corrected chi connectivity index (χ4v) is 6.12. The van der Waals surface area contributed by atoms with E-state index in [1.165, 1.54) is 0 Å². The minimum absolute atomic E-state index is 0.0745. The van der Waals surface area contributed by atoms with E-state index in [2.05, 4.69) is 10.3 Å². The Morgan fingerprint density at radius 1 is 1.08 bits per heavy atom. The number of rotatable bonds is 3. The molecule has 0 saturated carbocycles. The van der Waals surface area contributed by atoms with Crippen LogP contribution >= 0.6 is 0 Å². The van der Waals surface area contributed by atoms with Crippen LogP contribution in [0, 0.1) is 0 Å². The van der Waals surface area contributed by atoms with Gasteiger partial charge in [0, 0.05) is 31.3 Å². The Hall–Kier alpha value is -4.41. The first-order valence-electron chi connectivity index (χ1n) is 12.6. The molecule has 10 heteroatoms. The molecule has 190 valence electrons. The number of nitrogens with one attached hydrogen (secondary N) is 1. The second-order valence-corrected chi connectivity index (χ2v) is 10.00. The first-order chi connectivity index (χ1) is 18.5. The van der Waals surface area contributed by atoms with Crippen molar-refractivity contribution < 1.29 is 19.1 Å². The van der Waals surface area contributed by atoms with Gasteiger partial charge in [0.15, 0.2) is 11.7 Å². The summed E-state index contributed by atoms with van der Waals surface area (Å²) in [5.41, 5.74) is 4.70. The van der Waals surface area contributed by atoms with Crippen LogP contribution in [0.15, 0.2) is 71.8 Å². The van der Waals surface area contributed by atoms with Crippen LogP contribution in [-0.2, 0) is 25.5 Å². The van der Waals surface area contributed by atoms with Gasteiger partial charge in [-0.15, -0.1) is 0 Å². The van der Waals surface area contributed by atoms with E-state index in [9.17, 15) is 14.4 Å². The average molecular weight is 510 g/mol. The molecule has 0 bridgehead atoms. The molecule has 2 unspecified atom stereocenters. The van der Waals surface area contributed by atoms with Gasteiger partial charge in [-0.3, -0.25) is 28.6 Å². The summed E-state index contributed by atoms with van der Waals surface area (Å²) in [6.07, 6.45) is 7.54. The number of aliphatic imine (C=N–C) groups is 1. The highest BCUT2D eigenvalue weighted by atomic mass is 16.5. The van der Waals surface area contributed by atoms with Crippen molar-refractivity contribution in [3.05, 3.63) is 83.6 Å². The van der Waals surface area contributed by atoms with Gasteiger partial charge in [0.25, 0.3) is 17.7 Å². The molecule has 0 aliphatic carbocycles. The van der Waals surface area contributed by atoms with Crippen LogP contribution < -0.4 is 9.80 Å². The molecule has 1 saturated heterocycles. The molecule has 3 aromatic rings. The number of aromatic nitrogens is 2. The molecule has 6 heterocycles. The molecule has 1 fully saturated rings. The standard InChI is InChI=1S/C28H24N6O4/c1-34-12-8-29-24(23-22(26(35)31-27(23)36)19-16-30-21-7-2-3-9-33(19)21)18-6-4-5-17(25(18)34)15-20(34)28(37)32-10-13-38-14-11-32/h2-9,12,16,20H,10-11,13-15H2,1H3/p+1. The molecule has 2 aromatic heterocycles. The third-order valence-electron chi connectivity index (χ3n) is 7.95. The first-order valence-corrected chi connectivity index (χ1v) is 12.6. The molecule has 38 heavy (non-hydrogen) atoms. The largest absolute Gasteiger partial charge is 0.378 e. The van der Waals surface area contributed by atoms with Crippen molar-refractivity contribution in [1.29, 1.82) is 0 Å². The van der Waals surface area contributed by atoms with Gasteiger partial charge in [-0.05, 0) is 18.2 Å². The van der Waals surface area contributed by atoms with Crippen LogP contribution in [0.25, 0.3) is 11.2 Å². The summed E-state index contributed by atoms with van der Waals surface area (Å²) < 4.78 is 7.48. The lowest BCUT2D eigenvalue weighted by Crippen LogP contribution is -2.57. The number of quaternary nitrogens is 1. The normalized spacial score (nSPS) is 24.5. The number of benzene rings is 1. The Bertz CT molecular complexity index is 1640. The number of carbonyl (C=O) groups excluding carboxylic acids is 3. The van der Waals surface area contributed by atoms with Crippen LogP contribution in [0.2, 0.25) is 0 Å². The number of amides is 3. The van der Waals surface area contributed by atoms with Gasteiger partial charge < -0.3 is 9.64 Å². The first kappa shape index (κ1) is 22.8. The number of imidazole rings is 1. The van der Waals surface area contributed by atoms with E-state index in [1.807, 2.05) is 60.7 Å². The van der Waals surface area contributed by atoms with Crippen molar-refractivity contribution in [2.45, 2.75) is 12.5 Å². The van der Waals surface area contributed by atoms with Crippen LogP contribution in [-0.4, -0.2) is 77.1 Å². The van der Waals surface area contributed by atoms with E-state index < -0.39 is 11.8 Å². The molecule has 1 aromatic carbocycles. The van der Waals surface area contributed by atoms with Gasteiger partial charge >= 0.3 is 0 Å². The summed E-state index contributed by atoms with van der Waals surface area (Å²) in [5.74, 6) is -0.919. The van der Waals surface area contributed by atoms with E-state index in [4.69, 9.17) is 9.73 Å². The number of hydrogen-bond acceptors (Lipinski definition) is 6. The summed E-state index contributed by atoms with van der Waals surface area (Å²) >= 11 is 0. The Morgan fingerprint density at radius 3 is 2.74 bits per heavy atom. The number of fused-ring (bicyclic) bond motifs is 1. The molecule has 2 atom stereocenters. The molecule has 0 radical (unpaired) electrons. The topological polar surface area (TPSA) is 105 Å². The summed E-state index contributed by atoms with van der Waals surface area (Å²) in [4.78, 5) is 51.1. The van der Waals surface area contributed by atoms with E-state index in [1.54, 1.807) is 16.8 Å². The Labute approximate surface area is 218 Å². The zero-order valence-corrected chi connectivity index (χ0v) is 20.8. The fraction of sp³-hybridized carbons (Fsp3) is 0.250. The Balaban J connectivity index is 1.38. The SMILES string of the molecule is C[N+]12C=CN=C(C3=C(c4cnc5ccccn45)C(=O)NC3=O)c3cccc(c31)CC2C(=O)N1CCOCC1. The summed E-state index contributed by atoms with van der Waals surface area (Å²) in [5, 5.41) is 2.46. The van der Waals surface area contributed by atoms with Crippen molar-refractivity contribution in [2.75, 3.05) is 33.4 Å². The maximum absolute atomic E-state index is 13.7. The Morgan fingerprint density at radius 2 is 1.89 bits per heavy atom. The number of para-hydroxylation sites is 1. The number of hydrogen-bond donors (Lipinski definition) is 1. The molecule has 7 rings (SSSR count). The van der Waals surface area contributed by atoms with Crippen LogP contribution in [0.3, 0.4) is 0 Å². The zero-order valence-electron chi connectivity index (χ0n) is 20.8. The lowest BCUT2D eigenvalue weighted by Gasteiger charge is -2.36. The number of likely N-dealkylation sites (N-methyl/N-ethyl adjacent to an activating group) is 1. The van der Waals surface area contributed by atoms with Gasteiger partial charge in [-0.2, -0.15) is 0 Å². The number of nitrogens with zero attached hydrogens (tertiary/aromatic N) is 5. The third kappa shape index (κ3) is 3.17. The van der Waals surface area contributed by atoms with Crippen LogP contribution in [0.1, 0.15) is 16.8 Å². The van der Waals surface area contributed by atoms with E-state index in [-0.39, 0.29) is 27.6 Å². The van der Waals surface area contributed by atoms with Crippen molar-refractivity contribution in [3.63, 3.8) is 0 Å². The Kier molecular flexibility index (Phi) is 4.97. The van der Waals surface area contributed by atoms with Crippen molar-refractivity contribution in [1.82, 2.24) is 24.1 Å². The number of ether oxygens (including phenoxy) is 1. The highest BCUT2D eigenvalue weighted by Gasteiger charge is 2.51. The molecular formula is C28H25N6O4+. The van der Waals surface area contributed by atoms with Crippen molar-refractivity contribution in [3.8, 4) is 0 Å².